The number of primary amides is 1. The maximum Gasteiger partial charge on any atom is 0.255 e. The van der Waals surface area contributed by atoms with Crippen molar-refractivity contribution in [1.82, 2.24) is 5.32 Å². The first kappa shape index (κ1) is 36.5. The number of aliphatic imine (C=N–C) groups is 2. The molecule has 7 N–H and O–H groups in total. The Hall–Kier alpha value is -4.74. The lowest BCUT2D eigenvalue weighted by atomic mass is 9.94. The van der Waals surface area contributed by atoms with E-state index in [1.807, 2.05) is 6.92 Å². The molecule has 2 rings (SSSR count). The van der Waals surface area contributed by atoms with Crippen LogP contribution in [0.5, 0.6) is 11.5 Å². The van der Waals surface area contributed by atoms with E-state index in [9.17, 15) is 19.2 Å². The van der Waals surface area contributed by atoms with Crippen LogP contribution < -0.4 is 32.0 Å². The number of amidine groups is 2. The Morgan fingerprint density at radius 3 is 1.76 bits per heavy atom. The van der Waals surface area contributed by atoms with Gasteiger partial charge in [-0.05, 0) is 74.9 Å². The minimum Gasteiger partial charge on any atom is -0.496 e. The number of nitrogens with two attached hydrogens (primary N) is 3. The fourth-order valence-electron chi connectivity index (χ4n) is 4.71. The summed E-state index contributed by atoms with van der Waals surface area (Å²) in [4.78, 5) is 60.3. The van der Waals surface area contributed by atoms with Gasteiger partial charge in [0.25, 0.3) is 11.8 Å². The number of ketones is 2. The second-order valence-corrected chi connectivity index (χ2v) is 11.0. The van der Waals surface area contributed by atoms with Crippen LogP contribution >= 0.6 is 0 Å². The number of amides is 2. The molecule has 0 radical (unpaired) electrons. The Morgan fingerprint density at radius 1 is 0.756 bits per heavy atom. The Morgan fingerprint density at radius 2 is 1.24 bits per heavy atom. The van der Waals surface area contributed by atoms with Gasteiger partial charge < -0.3 is 32.0 Å². The molecule has 244 valence electrons. The summed E-state index contributed by atoms with van der Waals surface area (Å²) < 4.78 is 10.6. The normalized spacial score (nSPS) is 13.1. The van der Waals surface area contributed by atoms with Crippen LogP contribution in [0.1, 0.15) is 78.3 Å². The van der Waals surface area contributed by atoms with Crippen molar-refractivity contribution < 1.29 is 28.7 Å². The minimum atomic E-state index is -0.875. The van der Waals surface area contributed by atoms with Crippen LogP contribution in [0.15, 0.2) is 46.4 Å². The number of Topliss-reactive ketones (excluding diaryl/α,β-unsaturated/α-hetero) is 2. The molecule has 0 heterocycles. The smallest absolute Gasteiger partial charge is 0.255 e. The van der Waals surface area contributed by atoms with Gasteiger partial charge in [0.15, 0.2) is 5.78 Å². The van der Waals surface area contributed by atoms with Gasteiger partial charge in [-0.2, -0.15) is 0 Å². The number of nitrogens with zero attached hydrogens (tertiary/aromatic N) is 2. The summed E-state index contributed by atoms with van der Waals surface area (Å²) in [5.41, 5.74) is 18.3. The summed E-state index contributed by atoms with van der Waals surface area (Å²) in [5.74, 6) is -0.0817. The third-order valence-electron chi connectivity index (χ3n) is 7.21. The van der Waals surface area contributed by atoms with E-state index in [-0.39, 0.29) is 41.5 Å². The molecule has 0 unspecified atom stereocenters. The number of hydrogen-bond acceptors (Lipinski definition) is 8. The van der Waals surface area contributed by atoms with Crippen molar-refractivity contribution in [2.24, 2.45) is 33.1 Å². The standard InChI is InChI=1S/C33H46N6O6/c1-20(8-6-14-37-21(2)34)28(40)18-24-11-13-31(45-5)26(17-24)33(43)39-27(9-7-15-38-22(3)35)29(41)19-23-10-12-30(44-4)25(16-23)32(36)42/h10-13,16-17,20,27H,6-9,14-15,18-19H2,1-5H3,(H2,34,37)(H2,35,38)(H2,36,42)(H,39,43)/t20-,27-/m1/s1. The first-order valence-corrected chi connectivity index (χ1v) is 14.9. The highest BCUT2D eigenvalue weighted by molar-refractivity contribution is 6.01. The SMILES string of the molecule is COc1ccc(CC(=O)[C@@H](CCCN=C(C)N)NC(=O)c2cc(CC(=O)[C@H](C)CCCN=C(C)N)ccc2OC)cc1C(N)=O. The van der Waals surface area contributed by atoms with Crippen LogP contribution in [0.2, 0.25) is 0 Å². The van der Waals surface area contributed by atoms with E-state index in [2.05, 4.69) is 15.3 Å². The average Bonchev–Trinajstić information content (AvgIpc) is 3.00. The van der Waals surface area contributed by atoms with Gasteiger partial charge in [-0.3, -0.25) is 29.2 Å². The Bertz CT molecular complexity index is 1410. The first-order chi connectivity index (χ1) is 21.4. The van der Waals surface area contributed by atoms with Gasteiger partial charge in [0.1, 0.15) is 17.3 Å². The molecule has 0 aromatic heterocycles. The van der Waals surface area contributed by atoms with E-state index in [0.717, 1.165) is 6.42 Å². The number of carbonyl (C=O) groups excluding carboxylic acids is 4. The molecular weight excluding hydrogens is 576 g/mol. The van der Waals surface area contributed by atoms with Crippen LogP contribution in [-0.2, 0) is 22.4 Å². The molecule has 45 heavy (non-hydrogen) atoms. The zero-order valence-corrected chi connectivity index (χ0v) is 26.9. The van der Waals surface area contributed by atoms with Crippen LogP contribution in [0, 0.1) is 5.92 Å². The lowest BCUT2D eigenvalue weighted by Gasteiger charge is -2.19. The Labute approximate surface area is 264 Å². The van der Waals surface area contributed by atoms with Crippen molar-refractivity contribution in [2.45, 2.75) is 65.3 Å². The van der Waals surface area contributed by atoms with Crippen molar-refractivity contribution in [2.75, 3.05) is 27.3 Å². The predicted molar refractivity (Wildman–Crippen MR) is 175 cm³/mol. The molecule has 0 aliphatic heterocycles. The quantitative estimate of drug-likeness (QED) is 0.104. The molecule has 12 heteroatoms. The van der Waals surface area contributed by atoms with Crippen molar-refractivity contribution in [3.63, 3.8) is 0 Å². The fraction of sp³-hybridized carbons (Fsp3) is 0.455. The van der Waals surface area contributed by atoms with Gasteiger partial charge in [-0.15, -0.1) is 0 Å². The van der Waals surface area contributed by atoms with Crippen molar-refractivity contribution >= 4 is 35.1 Å². The second-order valence-electron chi connectivity index (χ2n) is 11.0. The highest BCUT2D eigenvalue weighted by atomic mass is 16.5. The maximum absolute atomic E-state index is 13.6. The molecular formula is C33H46N6O6. The summed E-state index contributed by atoms with van der Waals surface area (Å²) in [5, 5.41) is 2.85. The monoisotopic (exact) mass is 622 g/mol. The number of nitrogens with one attached hydrogen (secondary N) is 1. The van der Waals surface area contributed by atoms with Crippen molar-refractivity contribution in [1.29, 1.82) is 0 Å². The number of hydrogen-bond donors (Lipinski definition) is 4. The van der Waals surface area contributed by atoms with E-state index in [0.29, 0.717) is 66.6 Å². The number of methoxy groups -OCH3 is 2. The molecule has 2 amide bonds. The highest BCUT2D eigenvalue weighted by Crippen LogP contribution is 2.23. The molecule has 0 fully saturated rings. The molecule has 2 aromatic carbocycles. The summed E-state index contributed by atoms with van der Waals surface area (Å²) >= 11 is 0. The van der Waals surface area contributed by atoms with E-state index >= 15 is 0 Å². The van der Waals surface area contributed by atoms with E-state index in [4.69, 9.17) is 26.7 Å². The van der Waals surface area contributed by atoms with Crippen molar-refractivity contribution in [3.05, 3.63) is 58.7 Å². The largest absolute Gasteiger partial charge is 0.496 e. The van der Waals surface area contributed by atoms with Gasteiger partial charge in [0.2, 0.25) is 0 Å². The predicted octanol–water partition coefficient (Wildman–Crippen LogP) is 2.78. The summed E-state index contributed by atoms with van der Waals surface area (Å²) in [7, 11) is 2.87. The van der Waals surface area contributed by atoms with Gasteiger partial charge in [0.05, 0.1) is 43.1 Å². The maximum atomic E-state index is 13.6. The molecule has 0 bridgehead atoms. The highest BCUT2D eigenvalue weighted by Gasteiger charge is 2.24. The third-order valence-corrected chi connectivity index (χ3v) is 7.21. The van der Waals surface area contributed by atoms with E-state index in [1.165, 1.54) is 20.3 Å². The summed E-state index contributed by atoms with van der Waals surface area (Å²) in [6.45, 7) is 6.22. The molecule has 2 aromatic rings. The molecule has 0 spiro atoms. The van der Waals surface area contributed by atoms with Gasteiger partial charge in [-0.25, -0.2) is 0 Å². The summed E-state index contributed by atoms with van der Waals surface area (Å²) in [6.07, 6.45) is 2.28. The molecule has 0 saturated carbocycles. The topological polar surface area (TPSA) is 202 Å². The summed E-state index contributed by atoms with van der Waals surface area (Å²) in [6, 6.07) is 8.88. The van der Waals surface area contributed by atoms with Gasteiger partial charge in [-0.1, -0.05) is 19.1 Å². The van der Waals surface area contributed by atoms with Crippen LogP contribution in [0.25, 0.3) is 0 Å². The van der Waals surface area contributed by atoms with Crippen LogP contribution in [-0.4, -0.2) is 68.4 Å². The Balaban J connectivity index is 2.25. The van der Waals surface area contributed by atoms with Crippen LogP contribution in [0.4, 0.5) is 0 Å². The van der Waals surface area contributed by atoms with Crippen LogP contribution in [0.3, 0.4) is 0 Å². The number of carbonyl (C=O) groups is 4. The molecule has 0 aliphatic carbocycles. The zero-order valence-electron chi connectivity index (χ0n) is 26.9. The average molecular weight is 623 g/mol. The van der Waals surface area contributed by atoms with Crippen molar-refractivity contribution in [3.8, 4) is 11.5 Å². The zero-order chi connectivity index (χ0) is 33.5. The molecule has 0 saturated heterocycles. The molecule has 0 aliphatic rings. The van der Waals surface area contributed by atoms with Gasteiger partial charge >= 0.3 is 0 Å². The lowest BCUT2D eigenvalue weighted by molar-refractivity contribution is -0.122. The molecule has 12 nitrogen and oxygen atoms in total. The number of benzene rings is 2. The van der Waals surface area contributed by atoms with E-state index < -0.39 is 17.9 Å². The van der Waals surface area contributed by atoms with E-state index in [1.54, 1.807) is 44.2 Å². The third kappa shape index (κ3) is 12.0. The number of ether oxygens (including phenoxy) is 2. The second kappa shape index (κ2) is 18.2. The molecule has 2 atom stereocenters. The number of rotatable bonds is 19. The fourth-order valence-corrected chi connectivity index (χ4v) is 4.71. The minimum absolute atomic E-state index is 0.0404. The van der Waals surface area contributed by atoms with Gasteiger partial charge in [0, 0.05) is 31.8 Å². The first-order valence-electron chi connectivity index (χ1n) is 14.9. The Kier molecular flexibility index (Phi) is 14.7. The lowest BCUT2D eigenvalue weighted by Crippen LogP contribution is -2.42.